The molecule has 2 aromatic carbocycles. The maximum Gasteiger partial charge on any atom is 0.460 e. The Kier molecular flexibility index (Phi) is 5.38. The third-order valence-electron chi connectivity index (χ3n) is 3.82. The van der Waals surface area contributed by atoms with Crippen molar-refractivity contribution in [2.45, 2.75) is 43.0 Å². The van der Waals surface area contributed by atoms with E-state index < -0.39 is 29.1 Å². The van der Waals surface area contributed by atoms with E-state index in [0.717, 1.165) is 0 Å². The average Bonchev–Trinajstić information content (AvgIpc) is 2.46. The number of halogens is 7. The lowest BCUT2D eigenvalue weighted by atomic mass is 9.95. The maximum atomic E-state index is 13.9. The minimum absolute atomic E-state index is 0.219. The van der Waals surface area contributed by atoms with E-state index in [2.05, 4.69) is 0 Å². The summed E-state index contributed by atoms with van der Waals surface area (Å²) in [7, 11) is 0. The van der Waals surface area contributed by atoms with Crippen molar-refractivity contribution in [3.05, 3.63) is 53.1 Å². The number of benzene rings is 2. The van der Waals surface area contributed by atoms with Gasteiger partial charge in [0.05, 0.1) is 0 Å². The van der Waals surface area contributed by atoms with E-state index in [1.54, 1.807) is 51.1 Å². The lowest BCUT2D eigenvalue weighted by Gasteiger charge is -2.28. The molecule has 0 heterocycles. The number of hydrogen-bond donors (Lipinski definition) is 0. The van der Waals surface area contributed by atoms with Crippen molar-refractivity contribution in [3.63, 3.8) is 0 Å². The highest BCUT2D eigenvalue weighted by molar-refractivity contribution is 8.00. The van der Waals surface area contributed by atoms with Crippen molar-refractivity contribution in [1.29, 1.82) is 0 Å². The number of hydrogen-bond acceptors (Lipinski definition) is 1. The Labute approximate surface area is 150 Å². The van der Waals surface area contributed by atoms with Crippen molar-refractivity contribution in [2.75, 3.05) is 0 Å². The predicted molar refractivity (Wildman–Crippen MR) is 87.9 cm³/mol. The van der Waals surface area contributed by atoms with Crippen molar-refractivity contribution in [3.8, 4) is 11.1 Å². The van der Waals surface area contributed by atoms with Crippen LogP contribution in [0.3, 0.4) is 0 Å². The first-order chi connectivity index (χ1) is 11.8. The second-order valence-electron chi connectivity index (χ2n) is 5.96. The molecule has 0 bridgehead atoms. The quantitative estimate of drug-likeness (QED) is 0.390. The fraction of sp³-hybridized carbons (Fsp3) is 0.333. The highest BCUT2D eigenvalue weighted by Gasteiger charge is 2.73. The molecule has 0 saturated carbocycles. The van der Waals surface area contributed by atoms with Crippen LogP contribution in [0.2, 0.25) is 0 Å². The van der Waals surface area contributed by atoms with Crippen LogP contribution in [0.15, 0.2) is 41.3 Å². The van der Waals surface area contributed by atoms with E-state index >= 15 is 0 Å². The van der Waals surface area contributed by atoms with Crippen LogP contribution in [0, 0.1) is 20.8 Å². The fourth-order valence-corrected chi connectivity index (χ4v) is 3.71. The molecule has 8 heteroatoms. The largest absolute Gasteiger partial charge is 0.460 e. The number of thioether (sulfide) groups is 1. The summed E-state index contributed by atoms with van der Waals surface area (Å²) in [6.07, 6.45) is -6.36. The molecule has 2 aromatic rings. The van der Waals surface area contributed by atoms with Gasteiger partial charge in [-0.2, -0.15) is 30.7 Å². The first kappa shape index (κ1) is 20.6. The van der Waals surface area contributed by atoms with Crippen LogP contribution in [-0.2, 0) is 0 Å². The van der Waals surface area contributed by atoms with Crippen molar-refractivity contribution < 1.29 is 30.7 Å². The molecule has 0 aliphatic carbocycles. The molecular weight excluding hydrogens is 381 g/mol. The molecule has 0 aliphatic rings. The summed E-state index contributed by atoms with van der Waals surface area (Å²) >= 11 is -0.765. The molecule has 0 N–H and O–H groups in total. The van der Waals surface area contributed by atoms with Gasteiger partial charge in [-0.15, -0.1) is 0 Å². The van der Waals surface area contributed by atoms with Gasteiger partial charge in [-0.3, -0.25) is 0 Å². The Morgan fingerprint density at radius 2 is 1.35 bits per heavy atom. The topological polar surface area (TPSA) is 0 Å². The lowest BCUT2D eigenvalue weighted by molar-refractivity contribution is -0.330. The maximum absolute atomic E-state index is 13.9. The lowest BCUT2D eigenvalue weighted by Crippen LogP contribution is -2.49. The summed E-state index contributed by atoms with van der Waals surface area (Å²) in [6, 6.07) is 9.51. The summed E-state index contributed by atoms with van der Waals surface area (Å²) in [4.78, 5) is -0.328. The van der Waals surface area contributed by atoms with Gasteiger partial charge in [-0.1, -0.05) is 30.3 Å². The van der Waals surface area contributed by atoms with Crippen molar-refractivity contribution in [1.82, 2.24) is 0 Å². The molecule has 0 amide bonds. The molecule has 0 fully saturated rings. The van der Waals surface area contributed by atoms with Crippen LogP contribution >= 0.6 is 11.8 Å². The van der Waals surface area contributed by atoms with Crippen LogP contribution in [0.25, 0.3) is 11.1 Å². The van der Waals surface area contributed by atoms with Gasteiger partial charge >= 0.3 is 17.4 Å². The van der Waals surface area contributed by atoms with Gasteiger partial charge in [0.2, 0.25) is 0 Å². The molecule has 142 valence electrons. The van der Waals surface area contributed by atoms with Gasteiger partial charge in [-0.25, -0.2) is 0 Å². The van der Waals surface area contributed by atoms with E-state index in [9.17, 15) is 30.7 Å². The zero-order chi connectivity index (χ0) is 19.9. The SMILES string of the molecule is Cc1cc(C)c(-c2ccccc2C)c(SC(F)(F)C(F)(F)C(F)(F)F)c1. The van der Waals surface area contributed by atoms with Gasteiger partial charge in [0, 0.05) is 4.90 Å². The third kappa shape index (κ3) is 3.70. The summed E-state index contributed by atoms with van der Waals surface area (Å²) in [5, 5.41) is -5.36. The zero-order valence-corrected chi connectivity index (χ0v) is 14.8. The Bertz CT molecular complexity index is 810. The first-order valence-corrected chi connectivity index (χ1v) is 8.28. The molecule has 0 aromatic heterocycles. The summed E-state index contributed by atoms with van der Waals surface area (Å²) < 4.78 is 91.8. The molecule has 0 unspecified atom stereocenters. The standard InChI is InChI=1S/C18H15F7S/c1-10-8-12(3)15(13-7-5-4-6-11(13)2)14(9-10)26-18(24,25)16(19,20)17(21,22)23/h4-9H,1-3H3. The highest BCUT2D eigenvalue weighted by Crippen LogP contribution is 2.55. The third-order valence-corrected chi connectivity index (χ3v) is 4.87. The van der Waals surface area contributed by atoms with Gasteiger partial charge in [0.1, 0.15) is 0 Å². The molecule has 0 atom stereocenters. The Balaban J connectivity index is 2.63. The van der Waals surface area contributed by atoms with E-state index in [1.165, 1.54) is 6.07 Å². The smallest absolute Gasteiger partial charge is 0.188 e. The number of alkyl halides is 7. The Hall–Kier alpha value is -1.70. The van der Waals surface area contributed by atoms with Gasteiger partial charge in [0.25, 0.3) is 0 Å². The Morgan fingerprint density at radius 1 is 0.769 bits per heavy atom. The number of rotatable bonds is 4. The van der Waals surface area contributed by atoms with E-state index in [1.807, 2.05) is 0 Å². The molecule has 0 saturated heterocycles. The molecule has 0 radical (unpaired) electrons. The summed E-state index contributed by atoms with van der Waals surface area (Å²) in [6.45, 7) is 4.85. The number of aryl methyl sites for hydroxylation is 3. The first-order valence-electron chi connectivity index (χ1n) is 7.46. The average molecular weight is 396 g/mol. The molecule has 0 nitrogen and oxygen atoms in total. The van der Waals surface area contributed by atoms with Gasteiger partial charge in [0.15, 0.2) is 0 Å². The van der Waals surface area contributed by atoms with Gasteiger partial charge in [-0.05, 0) is 66.4 Å². The summed E-state index contributed by atoms with van der Waals surface area (Å²) in [5.74, 6) is -6.16. The highest BCUT2D eigenvalue weighted by atomic mass is 32.2. The molecule has 0 aliphatic heterocycles. The van der Waals surface area contributed by atoms with Crippen LogP contribution in [0.4, 0.5) is 30.7 Å². The van der Waals surface area contributed by atoms with Crippen LogP contribution in [0.1, 0.15) is 16.7 Å². The van der Waals surface area contributed by atoms with E-state index in [-0.39, 0.29) is 10.5 Å². The zero-order valence-electron chi connectivity index (χ0n) is 14.0. The monoisotopic (exact) mass is 396 g/mol. The fourth-order valence-electron chi connectivity index (χ4n) is 2.57. The minimum Gasteiger partial charge on any atom is -0.188 e. The van der Waals surface area contributed by atoms with Crippen molar-refractivity contribution >= 4 is 11.8 Å². The van der Waals surface area contributed by atoms with Gasteiger partial charge < -0.3 is 0 Å². The van der Waals surface area contributed by atoms with Crippen LogP contribution in [-0.4, -0.2) is 17.4 Å². The second kappa shape index (κ2) is 6.79. The normalized spacial score (nSPS) is 13.2. The summed E-state index contributed by atoms with van der Waals surface area (Å²) in [5.41, 5.74) is 2.39. The van der Waals surface area contributed by atoms with Crippen LogP contribution < -0.4 is 0 Å². The van der Waals surface area contributed by atoms with E-state index in [4.69, 9.17) is 0 Å². The predicted octanol–water partition coefficient (Wildman–Crippen LogP) is 7.16. The molecular formula is C18H15F7S. The molecule has 26 heavy (non-hydrogen) atoms. The van der Waals surface area contributed by atoms with Crippen molar-refractivity contribution in [2.24, 2.45) is 0 Å². The second-order valence-corrected chi connectivity index (χ2v) is 7.12. The molecule has 0 spiro atoms. The molecule has 2 rings (SSSR count). The van der Waals surface area contributed by atoms with Crippen LogP contribution in [0.5, 0.6) is 0 Å². The van der Waals surface area contributed by atoms with E-state index in [0.29, 0.717) is 22.3 Å². The Morgan fingerprint density at radius 3 is 1.88 bits per heavy atom. The minimum atomic E-state index is -6.36.